The van der Waals surface area contributed by atoms with Gasteiger partial charge < -0.3 is 0 Å². The van der Waals surface area contributed by atoms with E-state index in [1.54, 1.807) is 6.42 Å². The Balaban J connectivity index is 1.67. The van der Waals surface area contributed by atoms with Gasteiger partial charge in [-0.05, 0) is 0 Å². The van der Waals surface area contributed by atoms with Crippen LogP contribution in [0, 0.1) is 23.7 Å². The van der Waals surface area contributed by atoms with Crippen molar-refractivity contribution in [1.82, 2.24) is 0 Å². The molecule has 3 aliphatic rings. The van der Waals surface area contributed by atoms with Gasteiger partial charge in [0, 0.05) is 0 Å². The molecule has 5 atom stereocenters. The molecule has 2 heteroatoms. The number of hydrogen-bond donors (Lipinski definition) is 0. The summed E-state index contributed by atoms with van der Waals surface area (Å²) in [5, 5.41) is 0. The van der Waals surface area contributed by atoms with Crippen molar-refractivity contribution in [2.75, 3.05) is 0 Å². The molecular weight excluding hydrogens is 399 g/mol. The van der Waals surface area contributed by atoms with Crippen LogP contribution in [-0.4, -0.2) is 24.9 Å². The fourth-order valence-electron chi connectivity index (χ4n) is 6.51. The van der Waals surface area contributed by atoms with Crippen molar-refractivity contribution in [3.8, 4) is 0 Å². The van der Waals surface area contributed by atoms with Gasteiger partial charge in [0.25, 0.3) is 0 Å². The molecular formula is C22H42OSn. The minimum absolute atomic E-state index is 0.704. The van der Waals surface area contributed by atoms with E-state index in [1.807, 2.05) is 0 Å². The zero-order valence-electron chi connectivity index (χ0n) is 16.7. The Kier molecular flexibility index (Phi) is 7.41. The van der Waals surface area contributed by atoms with Crippen LogP contribution in [0.1, 0.15) is 91.4 Å². The quantitative estimate of drug-likeness (QED) is 0.309. The third-order valence-corrected chi connectivity index (χ3v) is 20.8. The maximum absolute atomic E-state index is 7.36. The molecule has 1 nitrogen and oxygen atoms in total. The van der Waals surface area contributed by atoms with Gasteiger partial charge in [0.1, 0.15) is 0 Å². The summed E-state index contributed by atoms with van der Waals surface area (Å²) in [6.07, 6.45) is 16.7. The Bertz CT molecular complexity index is 360. The molecule has 0 aromatic rings. The molecule has 0 aromatic carbocycles. The van der Waals surface area contributed by atoms with Crippen LogP contribution in [-0.2, 0) is 3.07 Å². The molecule has 0 saturated heterocycles. The van der Waals surface area contributed by atoms with Gasteiger partial charge in [0.15, 0.2) is 0 Å². The average Bonchev–Trinajstić information content (AvgIpc) is 3.29. The molecule has 0 spiro atoms. The van der Waals surface area contributed by atoms with Gasteiger partial charge in [-0.1, -0.05) is 0 Å². The standard InChI is InChI=1S/C10H15O.3C4H9.Sn/c11-10-5-6-4-9(10)8-3-1-2-7(6)8;3*1-3-4-2;/h6-10H,1-5H2;3*1,3-4H2,2H3;/q-1;;;;+1. The van der Waals surface area contributed by atoms with E-state index < -0.39 is 18.8 Å². The second-order valence-electron chi connectivity index (χ2n) is 9.30. The molecule has 5 unspecified atom stereocenters. The molecule has 0 amide bonds. The van der Waals surface area contributed by atoms with Crippen LogP contribution in [0.15, 0.2) is 0 Å². The Morgan fingerprint density at radius 2 is 1.33 bits per heavy atom. The molecule has 3 rings (SSSR count). The summed E-state index contributed by atoms with van der Waals surface area (Å²) in [7, 11) is 0. The van der Waals surface area contributed by atoms with E-state index in [0.717, 1.165) is 23.7 Å². The zero-order chi connectivity index (χ0) is 17.0. The van der Waals surface area contributed by atoms with Crippen molar-refractivity contribution in [1.29, 1.82) is 0 Å². The van der Waals surface area contributed by atoms with E-state index in [9.17, 15) is 0 Å². The second-order valence-corrected chi connectivity index (χ2v) is 21.0. The Labute approximate surface area is 156 Å². The predicted octanol–water partition coefficient (Wildman–Crippen LogP) is 7.17. The third kappa shape index (κ3) is 4.18. The van der Waals surface area contributed by atoms with Crippen LogP contribution in [0.4, 0.5) is 0 Å². The van der Waals surface area contributed by atoms with Gasteiger partial charge in [-0.25, -0.2) is 0 Å². The van der Waals surface area contributed by atoms with Crippen LogP contribution in [0.2, 0.25) is 13.3 Å². The van der Waals surface area contributed by atoms with Crippen LogP contribution in [0.25, 0.3) is 0 Å². The van der Waals surface area contributed by atoms with Gasteiger partial charge in [-0.3, -0.25) is 0 Å². The molecule has 2 bridgehead atoms. The molecule has 0 aliphatic heterocycles. The Morgan fingerprint density at radius 3 is 1.92 bits per heavy atom. The fraction of sp³-hybridized carbons (Fsp3) is 1.00. The molecule has 0 heterocycles. The van der Waals surface area contributed by atoms with Crippen LogP contribution in [0.3, 0.4) is 0 Å². The van der Waals surface area contributed by atoms with Crippen molar-refractivity contribution in [3.63, 3.8) is 0 Å². The van der Waals surface area contributed by atoms with Gasteiger partial charge in [-0.15, -0.1) is 0 Å². The number of fused-ring (bicyclic) bond motifs is 5. The molecule has 0 radical (unpaired) electrons. The zero-order valence-corrected chi connectivity index (χ0v) is 19.5. The Hall–Kier alpha value is 0.759. The van der Waals surface area contributed by atoms with Crippen molar-refractivity contribution in [2.24, 2.45) is 23.7 Å². The molecule has 140 valence electrons. The summed E-state index contributed by atoms with van der Waals surface area (Å²) in [5.74, 6) is 4.21. The first-order valence-electron chi connectivity index (χ1n) is 11.4. The average molecular weight is 441 g/mol. The summed E-state index contributed by atoms with van der Waals surface area (Å²) in [6, 6.07) is 0. The molecule has 0 aromatic heterocycles. The predicted molar refractivity (Wildman–Crippen MR) is 107 cm³/mol. The maximum atomic E-state index is 7.36. The third-order valence-electron chi connectivity index (χ3n) is 7.73. The van der Waals surface area contributed by atoms with Gasteiger partial charge in [0.2, 0.25) is 0 Å². The van der Waals surface area contributed by atoms with Crippen molar-refractivity contribution in [2.45, 2.75) is 111 Å². The van der Waals surface area contributed by atoms with E-state index in [0.29, 0.717) is 6.10 Å². The first-order valence-corrected chi connectivity index (χ1v) is 18.6. The van der Waals surface area contributed by atoms with Crippen LogP contribution >= 0.6 is 0 Å². The van der Waals surface area contributed by atoms with Gasteiger partial charge in [-0.2, -0.15) is 0 Å². The first kappa shape index (κ1) is 19.5. The Morgan fingerprint density at radius 1 is 0.750 bits per heavy atom. The van der Waals surface area contributed by atoms with E-state index in [2.05, 4.69) is 20.8 Å². The van der Waals surface area contributed by atoms with Crippen molar-refractivity contribution < 1.29 is 3.07 Å². The normalized spacial score (nSPS) is 34.9. The molecule has 3 saturated carbocycles. The molecule has 3 aliphatic carbocycles. The molecule has 3 fully saturated rings. The fourth-order valence-corrected chi connectivity index (χ4v) is 20.8. The summed E-state index contributed by atoms with van der Waals surface area (Å²) in [4.78, 5) is 0. The van der Waals surface area contributed by atoms with Crippen molar-refractivity contribution >= 4 is 18.8 Å². The topological polar surface area (TPSA) is 9.23 Å². The van der Waals surface area contributed by atoms with Crippen LogP contribution < -0.4 is 0 Å². The molecule has 24 heavy (non-hydrogen) atoms. The summed E-state index contributed by atoms with van der Waals surface area (Å²) in [6.45, 7) is 7.12. The number of rotatable bonds is 11. The van der Waals surface area contributed by atoms with E-state index in [4.69, 9.17) is 3.07 Å². The van der Waals surface area contributed by atoms with E-state index in [1.165, 1.54) is 77.5 Å². The van der Waals surface area contributed by atoms with Gasteiger partial charge >= 0.3 is 156 Å². The number of hydrogen-bond acceptors (Lipinski definition) is 1. The number of unbranched alkanes of at least 4 members (excludes halogenated alkanes) is 3. The summed E-state index contributed by atoms with van der Waals surface area (Å²) in [5.41, 5.74) is 0. The summed E-state index contributed by atoms with van der Waals surface area (Å²) >= 11 is -2.38. The monoisotopic (exact) mass is 442 g/mol. The van der Waals surface area contributed by atoms with Crippen LogP contribution in [0.5, 0.6) is 0 Å². The van der Waals surface area contributed by atoms with Crippen molar-refractivity contribution in [3.05, 3.63) is 0 Å². The summed E-state index contributed by atoms with van der Waals surface area (Å²) < 4.78 is 11.9. The first-order chi connectivity index (χ1) is 11.7. The van der Waals surface area contributed by atoms with Gasteiger partial charge in [0.05, 0.1) is 0 Å². The SMILES string of the molecule is CCC[CH2][Sn]([CH2]CCC)([CH2]CCC)[O]C1CC2CC1C1CCCC21. The minimum atomic E-state index is -2.38. The van der Waals surface area contributed by atoms with E-state index in [-0.39, 0.29) is 0 Å². The molecule has 0 N–H and O–H groups in total. The second kappa shape index (κ2) is 9.11. The van der Waals surface area contributed by atoms with E-state index >= 15 is 0 Å².